The van der Waals surface area contributed by atoms with Crippen molar-refractivity contribution in [2.75, 3.05) is 12.4 Å². The molecule has 0 unspecified atom stereocenters. The van der Waals surface area contributed by atoms with Gasteiger partial charge in [0, 0.05) is 11.7 Å². The SMILES string of the molecule is CN1C(C(=O)Nc2nc(-c3cc4ccccc4s3)co2)=C(O)c2sc(-c3ccco3)cc2S1(=O)=O. The van der Waals surface area contributed by atoms with Crippen LogP contribution < -0.4 is 5.32 Å². The van der Waals surface area contributed by atoms with E-state index in [1.165, 1.54) is 37.0 Å². The van der Waals surface area contributed by atoms with Gasteiger partial charge in [0.2, 0.25) is 0 Å². The van der Waals surface area contributed by atoms with E-state index < -0.39 is 27.4 Å². The summed E-state index contributed by atoms with van der Waals surface area (Å²) in [7, 11) is -2.89. The van der Waals surface area contributed by atoms with Crippen LogP contribution in [0, 0.1) is 0 Å². The third-order valence-corrected chi connectivity index (χ3v) is 9.68. The van der Waals surface area contributed by atoms with Crippen LogP contribution in [-0.2, 0) is 14.8 Å². The number of thiophene rings is 2. The number of amides is 1. The van der Waals surface area contributed by atoms with Gasteiger partial charge < -0.3 is 13.9 Å². The van der Waals surface area contributed by atoms with E-state index in [1.807, 2.05) is 30.3 Å². The van der Waals surface area contributed by atoms with Crippen molar-refractivity contribution in [1.29, 1.82) is 0 Å². The van der Waals surface area contributed by atoms with Crippen molar-refractivity contribution in [3.8, 4) is 21.2 Å². The van der Waals surface area contributed by atoms with Crippen LogP contribution in [0.1, 0.15) is 4.88 Å². The minimum atomic E-state index is -4.09. The summed E-state index contributed by atoms with van der Waals surface area (Å²) in [6.07, 6.45) is 2.87. The van der Waals surface area contributed by atoms with E-state index in [1.54, 1.807) is 12.1 Å². The quantitative estimate of drug-likeness (QED) is 0.323. The van der Waals surface area contributed by atoms with Crippen molar-refractivity contribution in [3.63, 3.8) is 0 Å². The number of likely N-dealkylation sites (N-methyl/N-ethyl adjacent to an activating group) is 1. The van der Waals surface area contributed by atoms with Crippen LogP contribution in [0.2, 0.25) is 0 Å². The maximum absolute atomic E-state index is 13.1. The number of benzene rings is 1. The number of aliphatic hydroxyl groups excluding tert-OH is 1. The maximum Gasteiger partial charge on any atom is 0.302 e. The molecule has 1 aromatic carbocycles. The van der Waals surface area contributed by atoms with Crippen LogP contribution >= 0.6 is 22.7 Å². The minimum absolute atomic E-state index is 0.0537. The summed E-state index contributed by atoms with van der Waals surface area (Å²) in [5.41, 5.74) is 0.0833. The molecule has 5 heterocycles. The normalized spacial score (nSPS) is 14.9. The Morgan fingerprint density at radius 2 is 1.91 bits per heavy atom. The van der Waals surface area contributed by atoms with Crippen LogP contribution in [0.25, 0.3) is 37.1 Å². The number of carbonyl (C=O) groups excluding carboxylic acids is 1. The molecule has 2 N–H and O–H groups in total. The van der Waals surface area contributed by atoms with Gasteiger partial charge in [0.15, 0.2) is 11.5 Å². The van der Waals surface area contributed by atoms with E-state index in [0.29, 0.717) is 16.3 Å². The number of fused-ring (bicyclic) bond motifs is 2. The number of sulfonamides is 1. The first-order chi connectivity index (χ1) is 16.8. The molecule has 0 aliphatic carbocycles. The Morgan fingerprint density at radius 3 is 2.69 bits per heavy atom. The van der Waals surface area contributed by atoms with Gasteiger partial charge in [0.25, 0.3) is 15.9 Å². The number of anilines is 1. The summed E-state index contributed by atoms with van der Waals surface area (Å²) in [5, 5.41) is 14.4. The zero-order chi connectivity index (χ0) is 24.3. The first kappa shape index (κ1) is 21.6. The number of aliphatic hydroxyl groups is 1. The van der Waals surface area contributed by atoms with Gasteiger partial charge in [-0.3, -0.25) is 14.4 Å². The van der Waals surface area contributed by atoms with Crippen molar-refractivity contribution < 1.29 is 27.2 Å². The topological polar surface area (TPSA) is 126 Å². The molecule has 0 spiro atoms. The Morgan fingerprint density at radius 1 is 1.09 bits per heavy atom. The Hall–Kier alpha value is -3.87. The number of hydrogen-bond donors (Lipinski definition) is 2. The standard InChI is InChI=1S/C23H15N3O6S3/c1-26-19(20(27)21-18(35(26,29)30)10-17(34-21)14-6-4-8-31-14)22(28)25-23-24-13(11-32-23)16-9-12-5-2-3-7-15(12)33-16/h2-11,27H,1H3,(H,24,25,28). The lowest BCUT2D eigenvalue weighted by Crippen LogP contribution is -2.36. The summed E-state index contributed by atoms with van der Waals surface area (Å²) in [6, 6.07) is 14.5. The minimum Gasteiger partial charge on any atom is -0.504 e. The molecule has 176 valence electrons. The molecule has 9 nitrogen and oxygen atoms in total. The monoisotopic (exact) mass is 525 g/mol. The highest BCUT2D eigenvalue weighted by molar-refractivity contribution is 7.89. The van der Waals surface area contributed by atoms with E-state index in [-0.39, 0.29) is 15.8 Å². The van der Waals surface area contributed by atoms with Gasteiger partial charge in [-0.1, -0.05) is 18.2 Å². The molecule has 5 aromatic rings. The number of hydrogen-bond acceptors (Lipinski definition) is 9. The molecule has 6 rings (SSSR count). The molecule has 0 saturated heterocycles. The molecule has 35 heavy (non-hydrogen) atoms. The fourth-order valence-corrected chi connectivity index (χ4v) is 7.55. The molecule has 1 amide bonds. The van der Waals surface area contributed by atoms with E-state index in [9.17, 15) is 18.3 Å². The average molecular weight is 526 g/mol. The number of aromatic nitrogens is 1. The van der Waals surface area contributed by atoms with Crippen molar-refractivity contribution in [3.05, 3.63) is 71.6 Å². The van der Waals surface area contributed by atoms with Gasteiger partial charge in [-0.15, -0.1) is 22.7 Å². The number of furan rings is 1. The van der Waals surface area contributed by atoms with Crippen LogP contribution in [0.3, 0.4) is 0 Å². The van der Waals surface area contributed by atoms with E-state index in [0.717, 1.165) is 30.6 Å². The average Bonchev–Trinajstić information content (AvgIpc) is 3.63. The lowest BCUT2D eigenvalue weighted by molar-refractivity contribution is -0.113. The summed E-state index contributed by atoms with van der Waals surface area (Å²) in [6.45, 7) is 0. The van der Waals surface area contributed by atoms with Gasteiger partial charge in [-0.05, 0) is 35.7 Å². The summed E-state index contributed by atoms with van der Waals surface area (Å²) in [5.74, 6) is -0.888. The van der Waals surface area contributed by atoms with Crippen molar-refractivity contribution in [2.45, 2.75) is 4.90 Å². The third-order valence-electron chi connectivity index (χ3n) is 5.47. The van der Waals surface area contributed by atoms with E-state index in [2.05, 4.69) is 10.3 Å². The molecule has 1 aliphatic heterocycles. The molecular formula is C23H15N3O6S3. The van der Waals surface area contributed by atoms with Crippen LogP contribution in [0.4, 0.5) is 6.01 Å². The highest BCUT2D eigenvalue weighted by Gasteiger charge is 2.40. The van der Waals surface area contributed by atoms with Gasteiger partial charge in [0.05, 0.1) is 20.9 Å². The first-order valence-electron chi connectivity index (χ1n) is 10.2. The second kappa shape index (κ2) is 7.83. The number of rotatable bonds is 4. The summed E-state index contributed by atoms with van der Waals surface area (Å²) >= 11 is 2.54. The van der Waals surface area contributed by atoms with Gasteiger partial charge in [0.1, 0.15) is 22.6 Å². The molecule has 0 radical (unpaired) electrons. The number of nitrogens with zero attached hydrogens (tertiary/aromatic N) is 2. The molecule has 1 aliphatic rings. The summed E-state index contributed by atoms with van der Waals surface area (Å²) in [4.78, 5) is 18.7. The van der Waals surface area contributed by atoms with Crippen molar-refractivity contribution in [2.24, 2.45) is 0 Å². The molecule has 0 bridgehead atoms. The van der Waals surface area contributed by atoms with Crippen molar-refractivity contribution >= 4 is 60.5 Å². The molecule has 0 saturated carbocycles. The lowest BCUT2D eigenvalue weighted by Gasteiger charge is -2.26. The number of nitrogens with one attached hydrogen (secondary N) is 1. The second-order valence-electron chi connectivity index (χ2n) is 7.59. The fourth-order valence-electron chi connectivity index (χ4n) is 3.75. The van der Waals surface area contributed by atoms with Crippen LogP contribution in [0.15, 0.2) is 80.5 Å². The number of carbonyl (C=O) groups is 1. The predicted molar refractivity (Wildman–Crippen MR) is 132 cm³/mol. The summed E-state index contributed by atoms with van der Waals surface area (Å²) < 4.78 is 38.8. The first-order valence-corrected chi connectivity index (χ1v) is 13.3. The fraction of sp³-hybridized carbons (Fsp3) is 0.0435. The molecule has 0 atom stereocenters. The van der Waals surface area contributed by atoms with Gasteiger partial charge in [-0.2, -0.15) is 4.98 Å². The lowest BCUT2D eigenvalue weighted by atomic mass is 10.2. The smallest absolute Gasteiger partial charge is 0.302 e. The molecule has 4 aromatic heterocycles. The van der Waals surface area contributed by atoms with E-state index >= 15 is 0 Å². The molecule has 0 fully saturated rings. The highest BCUT2D eigenvalue weighted by atomic mass is 32.2. The Kier molecular flexibility index (Phi) is 4.85. The highest BCUT2D eigenvalue weighted by Crippen LogP contribution is 2.43. The van der Waals surface area contributed by atoms with Crippen LogP contribution in [-0.4, -0.2) is 35.8 Å². The van der Waals surface area contributed by atoms with Gasteiger partial charge in [-0.25, -0.2) is 8.42 Å². The number of oxazole rings is 1. The zero-order valence-electron chi connectivity index (χ0n) is 17.9. The largest absolute Gasteiger partial charge is 0.504 e. The zero-order valence-corrected chi connectivity index (χ0v) is 20.3. The van der Waals surface area contributed by atoms with E-state index in [4.69, 9.17) is 8.83 Å². The van der Waals surface area contributed by atoms with Crippen LogP contribution in [0.5, 0.6) is 0 Å². The Balaban J connectivity index is 1.33. The Bertz CT molecular complexity index is 1710. The molecular weight excluding hydrogens is 510 g/mol. The Labute approximate surface area is 206 Å². The molecule has 12 heteroatoms. The third kappa shape index (κ3) is 3.45. The van der Waals surface area contributed by atoms with Crippen molar-refractivity contribution in [1.82, 2.24) is 9.29 Å². The van der Waals surface area contributed by atoms with Gasteiger partial charge >= 0.3 is 6.01 Å². The maximum atomic E-state index is 13.1. The predicted octanol–water partition coefficient (Wildman–Crippen LogP) is 5.38. The second-order valence-corrected chi connectivity index (χ2v) is 11.7.